The number of ether oxygens (including phenoxy) is 2. The average Bonchev–Trinajstić information content (AvgIpc) is 2.80. The van der Waals surface area contributed by atoms with Crippen LogP contribution in [0.1, 0.15) is 117 Å². The minimum atomic E-state index is -0.475. The van der Waals surface area contributed by atoms with Crippen molar-refractivity contribution >= 4 is 18.0 Å². The third-order valence-corrected chi connectivity index (χ3v) is 5.17. The van der Waals surface area contributed by atoms with Crippen LogP contribution in [-0.2, 0) is 23.9 Å². The molecule has 0 aromatic rings. The fraction of sp³-hybridized carbons (Fsp3) is 0.880. The van der Waals surface area contributed by atoms with Gasteiger partial charge in [0.15, 0.2) is 0 Å². The lowest BCUT2D eigenvalue weighted by Crippen LogP contribution is -2.31. The predicted molar refractivity (Wildman–Crippen MR) is 130 cm³/mol. The number of rotatable bonds is 23. The van der Waals surface area contributed by atoms with E-state index < -0.39 is 6.09 Å². The molecule has 8 heteroatoms. The van der Waals surface area contributed by atoms with E-state index in [1.54, 1.807) is 0 Å². The summed E-state index contributed by atoms with van der Waals surface area (Å²) in [5.74, 6) is -0.219. The highest BCUT2D eigenvalue weighted by Crippen LogP contribution is 2.06. The summed E-state index contributed by atoms with van der Waals surface area (Å²) in [5.41, 5.74) is 2.67. The van der Waals surface area contributed by atoms with Crippen LogP contribution in [0.4, 0.5) is 4.79 Å². The molecule has 0 heterocycles. The molecule has 0 spiro atoms. The van der Waals surface area contributed by atoms with Crippen LogP contribution in [0.25, 0.3) is 0 Å². The quantitative estimate of drug-likeness (QED) is 0.0865. The van der Waals surface area contributed by atoms with Gasteiger partial charge in [-0.25, -0.2) is 4.79 Å². The van der Waals surface area contributed by atoms with Crippen molar-refractivity contribution in [3.63, 3.8) is 0 Å². The second-order valence-electron chi connectivity index (χ2n) is 8.39. The van der Waals surface area contributed by atoms with E-state index >= 15 is 0 Å². The molecule has 0 radical (unpaired) electrons. The van der Waals surface area contributed by atoms with E-state index in [0.717, 1.165) is 89.9 Å². The molecule has 0 rings (SSSR count). The second kappa shape index (κ2) is 24.8. The fourth-order valence-corrected chi connectivity index (χ4v) is 3.13. The van der Waals surface area contributed by atoms with Gasteiger partial charge in [0.25, 0.3) is 0 Å². The number of carbonyl (C=O) groups is 3. The molecule has 2 N–H and O–H groups in total. The first-order valence-corrected chi connectivity index (χ1v) is 13.1. The molecule has 33 heavy (non-hydrogen) atoms. The minimum absolute atomic E-state index is 0.107. The third-order valence-electron chi connectivity index (χ3n) is 5.17. The fourth-order valence-electron chi connectivity index (χ4n) is 3.13. The average molecular weight is 473 g/mol. The van der Waals surface area contributed by atoms with Gasteiger partial charge < -0.3 is 19.6 Å². The van der Waals surface area contributed by atoms with E-state index in [-0.39, 0.29) is 11.9 Å². The maximum absolute atomic E-state index is 11.6. The Kier molecular flexibility index (Phi) is 23.4. The molecule has 0 aliphatic heterocycles. The van der Waals surface area contributed by atoms with Crippen LogP contribution in [0.5, 0.6) is 0 Å². The van der Waals surface area contributed by atoms with Gasteiger partial charge in [0.1, 0.15) is 0 Å². The van der Waals surface area contributed by atoms with Crippen molar-refractivity contribution < 1.29 is 28.7 Å². The molecule has 1 amide bonds. The molecular formula is C25H48N2O6. The normalized spacial score (nSPS) is 10.6. The summed E-state index contributed by atoms with van der Waals surface area (Å²) >= 11 is 0. The van der Waals surface area contributed by atoms with Gasteiger partial charge >= 0.3 is 18.0 Å². The Morgan fingerprint density at radius 2 is 1.06 bits per heavy atom. The summed E-state index contributed by atoms with van der Waals surface area (Å²) in [4.78, 5) is 39.6. The number of hydroxylamine groups is 1. The Balaban J connectivity index is 3.32. The number of amides is 1. The zero-order chi connectivity index (χ0) is 24.4. The molecule has 0 saturated heterocycles. The summed E-state index contributed by atoms with van der Waals surface area (Å²) in [6.07, 6.45) is 14.0. The van der Waals surface area contributed by atoms with Gasteiger partial charge in [-0.15, -0.1) is 0 Å². The predicted octanol–water partition coefficient (Wildman–Crippen LogP) is 5.59. The Labute approximate surface area is 200 Å². The highest BCUT2D eigenvalue weighted by atomic mass is 16.7. The zero-order valence-electron chi connectivity index (χ0n) is 21.1. The molecule has 0 saturated carbocycles. The standard InChI is InChI=1S/C25H48N2O6/c1-3-5-15-21-31-23(28)17-11-7-9-13-19-26-25(30)33-27-20-14-10-8-12-18-24(29)32-22-16-6-4-2/h27H,3-22H2,1-2H3,(H,26,30). The van der Waals surface area contributed by atoms with Gasteiger partial charge in [-0.3, -0.25) is 9.59 Å². The summed E-state index contributed by atoms with van der Waals surface area (Å²) in [5, 5.41) is 2.70. The highest BCUT2D eigenvalue weighted by molar-refractivity contribution is 5.69. The van der Waals surface area contributed by atoms with E-state index in [1.807, 2.05) is 0 Å². The molecule has 0 aliphatic rings. The van der Waals surface area contributed by atoms with Crippen molar-refractivity contribution in [2.45, 2.75) is 117 Å². The summed E-state index contributed by atoms with van der Waals surface area (Å²) in [6.45, 7) is 6.44. The lowest BCUT2D eigenvalue weighted by atomic mass is 10.1. The Bertz CT molecular complexity index is 488. The second-order valence-corrected chi connectivity index (χ2v) is 8.39. The van der Waals surface area contributed by atoms with Gasteiger partial charge in [-0.05, 0) is 38.5 Å². The van der Waals surface area contributed by atoms with Crippen LogP contribution in [0.15, 0.2) is 0 Å². The largest absolute Gasteiger partial charge is 0.466 e. The van der Waals surface area contributed by atoms with Crippen molar-refractivity contribution in [3.05, 3.63) is 0 Å². The van der Waals surface area contributed by atoms with Crippen LogP contribution in [0.3, 0.4) is 0 Å². The SMILES string of the molecule is CCCCCOC(=O)CCCCCCNOC(=O)NCCCCCCC(=O)OCCCCC. The van der Waals surface area contributed by atoms with Crippen molar-refractivity contribution in [3.8, 4) is 0 Å². The number of nitrogens with one attached hydrogen (secondary N) is 2. The third kappa shape index (κ3) is 24.6. The number of esters is 2. The minimum Gasteiger partial charge on any atom is -0.466 e. The molecule has 0 fully saturated rings. The van der Waals surface area contributed by atoms with Crippen LogP contribution in [-0.4, -0.2) is 44.3 Å². The van der Waals surface area contributed by atoms with Gasteiger partial charge in [0.05, 0.1) is 13.2 Å². The number of carbonyl (C=O) groups excluding carboxylic acids is 3. The Morgan fingerprint density at radius 3 is 1.58 bits per heavy atom. The van der Waals surface area contributed by atoms with Crippen LogP contribution < -0.4 is 10.8 Å². The van der Waals surface area contributed by atoms with E-state index in [2.05, 4.69) is 24.6 Å². The van der Waals surface area contributed by atoms with Crippen molar-refractivity contribution in [1.29, 1.82) is 0 Å². The molecule has 8 nitrogen and oxygen atoms in total. The summed E-state index contributed by atoms with van der Waals surface area (Å²) in [7, 11) is 0. The monoisotopic (exact) mass is 472 g/mol. The molecule has 0 aromatic carbocycles. The first kappa shape index (κ1) is 31.2. The zero-order valence-corrected chi connectivity index (χ0v) is 21.1. The maximum atomic E-state index is 11.6. The molecule has 194 valence electrons. The van der Waals surface area contributed by atoms with E-state index in [0.29, 0.717) is 39.1 Å². The van der Waals surface area contributed by atoms with Gasteiger partial charge in [0.2, 0.25) is 0 Å². The Hall–Kier alpha value is -1.83. The molecule has 0 unspecified atom stereocenters. The van der Waals surface area contributed by atoms with Crippen molar-refractivity contribution in [2.75, 3.05) is 26.3 Å². The first-order chi connectivity index (χ1) is 16.1. The smallest absolute Gasteiger partial charge is 0.426 e. The van der Waals surface area contributed by atoms with E-state index in [1.165, 1.54) is 0 Å². The van der Waals surface area contributed by atoms with Gasteiger partial charge in [-0.2, -0.15) is 5.48 Å². The lowest BCUT2D eigenvalue weighted by molar-refractivity contribution is -0.144. The van der Waals surface area contributed by atoms with Crippen LogP contribution in [0.2, 0.25) is 0 Å². The number of hydrogen-bond donors (Lipinski definition) is 2. The topological polar surface area (TPSA) is 103 Å². The van der Waals surface area contributed by atoms with Crippen molar-refractivity contribution in [2.24, 2.45) is 0 Å². The molecule has 0 bridgehead atoms. The van der Waals surface area contributed by atoms with Gasteiger partial charge in [0, 0.05) is 25.9 Å². The molecule has 0 aliphatic carbocycles. The Morgan fingerprint density at radius 1 is 0.576 bits per heavy atom. The lowest BCUT2D eigenvalue weighted by Gasteiger charge is -2.08. The molecule has 0 aromatic heterocycles. The number of unbranched alkanes of at least 4 members (excludes halogenated alkanes) is 10. The summed E-state index contributed by atoms with van der Waals surface area (Å²) in [6, 6.07) is 0. The number of hydrogen-bond acceptors (Lipinski definition) is 7. The first-order valence-electron chi connectivity index (χ1n) is 13.1. The van der Waals surface area contributed by atoms with Crippen molar-refractivity contribution in [1.82, 2.24) is 10.8 Å². The van der Waals surface area contributed by atoms with E-state index in [9.17, 15) is 14.4 Å². The van der Waals surface area contributed by atoms with Crippen LogP contribution >= 0.6 is 0 Å². The highest BCUT2D eigenvalue weighted by Gasteiger charge is 2.04. The molecule has 0 atom stereocenters. The van der Waals surface area contributed by atoms with Crippen LogP contribution in [0, 0.1) is 0 Å². The maximum Gasteiger partial charge on any atom is 0.426 e. The summed E-state index contributed by atoms with van der Waals surface area (Å²) < 4.78 is 10.3. The van der Waals surface area contributed by atoms with Gasteiger partial charge in [-0.1, -0.05) is 65.2 Å². The van der Waals surface area contributed by atoms with E-state index in [4.69, 9.17) is 14.3 Å². The molecular weight excluding hydrogens is 424 g/mol.